The van der Waals surface area contributed by atoms with Gasteiger partial charge < -0.3 is 10.4 Å². The molecular formula is C10H13BrN2O. The molecule has 1 aromatic rings. The van der Waals surface area contributed by atoms with Crippen LogP contribution < -0.4 is 5.32 Å². The molecule has 0 bridgehead atoms. The summed E-state index contributed by atoms with van der Waals surface area (Å²) in [5.74, 6) is 0. The van der Waals surface area contributed by atoms with Crippen LogP contribution in [0.3, 0.4) is 0 Å². The molecule has 0 saturated heterocycles. The summed E-state index contributed by atoms with van der Waals surface area (Å²) in [6.07, 6.45) is 3.68. The molecular weight excluding hydrogens is 244 g/mol. The van der Waals surface area contributed by atoms with Crippen LogP contribution in [0, 0.1) is 0 Å². The van der Waals surface area contributed by atoms with Gasteiger partial charge in [-0.3, -0.25) is 4.98 Å². The fourth-order valence-corrected chi connectivity index (χ4v) is 1.49. The molecule has 1 saturated carbocycles. The summed E-state index contributed by atoms with van der Waals surface area (Å²) >= 11 is 3.31. The number of halogens is 1. The van der Waals surface area contributed by atoms with Gasteiger partial charge in [0, 0.05) is 23.3 Å². The van der Waals surface area contributed by atoms with Gasteiger partial charge >= 0.3 is 0 Å². The number of aliphatic hydroxyl groups is 1. The highest BCUT2D eigenvalue weighted by Crippen LogP contribution is 2.20. The Bertz CT molecular complexity index is 297. The molecule has 2 rings (SSSR count). The fraction of sp³-hybridized carbons (Fsp3) is 0.500. The minimum absolute atomic E-state index is 0.497. The summed E-state index contributed by atoms with van der Waals surface area (Å²) in [5, 5.41) is 13.0. The standard InChI is InChI=1S/C10H13BrN2O/c11-7-1-4-9(13-5-7)10(14)6-12-8-2-3-8/h1,4-5,8,10,12,14H,2-3,6H2/t10-/m0/s1. The van der Waals surface area contributed by atoms with Crippen LogP contribution in [0.4, 0.5) is 0 Å². The van der Waals surface area contributed by atoms with Gasteiger partial charge in [-0.2, -0.15) is 0 Å². The topological polar surface area (TPSA) is 45.1 Å². The number of aromatic nitrogens is 1. The molecule has 14 heavy (non-hydrogen) atoms. The van der Waals surface area contributed by atoms with E-state index in [-0.39, 0.29) is 0 Å². The Kier molecular flexibility index (Phi) is 3.15. The van der Waals surface area contributed by atoms with Crippen molar-refractivity contribution in [2.24, 2.45) is 0 Å². The molecule has 0 unspecified atom stereocenters. The quantitative estimate of drug-likeness (QED) is 0.861. The zero-order valence-corrected chi connectivity index (χ0v) is 9.37. The third-order valence-corrected chi connectivity index (χ3v) is 2.74. The Morgan fingerprint density at radius 3 is 2.93 bits per heavy atom. The lowest BCUT2D eigenvalue weighted by Gasteiger charge is -2.10. The Labute approximate surface area is 91.7 Å². The molecule has 0 amide bonds. The van der Waals surface area contributed by atoms with Crippen molar-refractivity contribution in [2.75, 3.05) is 6.54 Å². The van der Waals surface area contributed by atoms with Crippen LogP contribution in [-0.4, -0.2) is 22.7 Å². The van der Waals surface area contributed by atoms with E-state index in [1.807, 2.05) is 12.1 Å². The zero-order valence-electron chi connectivity index (χ0n) is 7.78. The monoisotopic (exact) mass is 256 g/mol. The van der Waals surface area contributed by atoms with Crippen LogP contribution in [0.5, 0.6) is 0 Å². The number of hydrogen-bond acceptors (Lipinski definition) is 3. The van der Waals surface area contributed by atoms with Gasteiger partial charge in [0.1, 0.15) is 6.10 Å². The number of aliphatic hydroxyl groups excluding tert-OH is 1. The molecule has 0 radical (unpaired) electrons. The molecule has 1 fully saturated rings. The van der Waals surface area contributed by atoms with Gasteiger partial charge in [0.2, 0.25) is 0 Å². The average molecular weight is 257 g/mol. The van der Waals surface area contributed by atoms with E-state index in [0.29, 0.717) is 12.6 Å². The second-order valence-electron chi connectivity index (χ2n) is 3.60. The van der Waals surface area contributed by atoms with Crippen LogP contribution in [0.1, 0.15) is 24.6 Å². The number of rotatable bonds is 4. The third-order valence-electron chi connectivity index (χ3n) is 2.27. The van der Waals surface area contributed by atoms with Crippen LogP contribution in [0.25, 0.3) is 0 Å². The summed E-state index contributed by atoms with van der Waals surface area (Å²) in [5.41, 5.74) is 0.723. The molecule has 1 aliphatic rings. The lowest BCUT2D eigenvalue weighted by Crippen LogP contribution is -2.23. The lowest BCUT2D eigenvalue weighted by molar-refractivity contribution is 0.169. The molecule has 0 aromatic carbocycles. The Morgan fingerprint density at radius 1 is 1.57 bits per heavy atom. The summed E-state index contributed by atoms with van der Waals surface area (Å²) in [7, 11) is 0. The van der Waals surface area contributed by atoms with E-state index in [1.54, 1.807) is 6.20 Å². The first-order valence-electron chi connectivity index (χ1n) is 4.78. The van der Waals surface area contributed by atoms with Gasteiger partial charge in [-0.25, -0.2) is 0 Å². The lowest BCUT2D eigenvalue weighted by atomic mass is 10.2. The number of nitrogens with one attached hydrogen (secondary N) is 1. The van der Waals surface area contributed by atoms with Crippen molar-refractivity contribution in [1.29, 1.82) is 0 Å². The molecule has 4 heteroatoms. The van der Waals surface area contributed by atoms with Crippen molar-refractivity contribution in [2.45, 2.75) is 25.0 Å². The van der Waals surface area contributed by atoms with Gasteiger partial charge in [-0.15, -0.1) is 0 Å². The number of hydrogen-bond donors (Lipinski definition) is 2. The molecule has 2 N–H and O–H groups in total. The van der Waals surface area contributed by atoms with Crippen LogP contribution in [0.15, 0.2) is 22.8 Å². The highest BCUT2D eigenvalue weighted by molar-refractivity contribution is 9.10. The maximum Gasteiger partial charge on any atom is 0.108 e. The second-order valence-corrected chi connectivity index (χ2v) is 4.52. The van der Waals surface area contributed by atoms with E-state index in [0.717, 1.165) is 10.2 Å². The Hall–Kier alpha value is -0.450. The largest absolute Gasteiger partial charge is 0.385 e. The van der Waals surface area contributed by atoms with Gasteiger partial charge in [-0.05, 0) is 40.9 Å². The van der Waals surface area contributed by atoms with Crippen molar-refractivity contribution in [1.82, 2.24) is 10.3 Å². The molecule has 3 nitrogen and oxygen atoms in total. The first-order chi connectivity index (χ1) is 6.75. The Morgan fingerprint density at radius 2 is 2.36 bits per heavy atom. The first kappa shape index (κ1) is 10.1. The van der Waals surface area contributed by atoms with Crippen molar-refractivity contribution >= 4 is 15.9 Å². The van der Waals surface area contributed by atoms with Crippen molar-refractivity contribution in [3.63, 3.8) is 0 Å². The van der Waals surface area contributed by atoms with Gasteiger partial charge in [-0.1, -0.05) is 0 Å². The van der Waals surface area contributed by atoms with Gasteiger partial charge in [0.15, 0.2) is 0 Å². The van der Waals surface area contributed by atoms with E-state index in [1.165, 1.54) is 12.8 Å². The SMILES string of the molecule is O[C@@H](CNC1CC1)c1ccc(Br)cn1. The molecule has 1 heterocycles. The number of pyridine rings is 1. The summed E-state index contributed by atoms with van der Waals surface area (Å²) in [4.78, 5) is 4.14. The summed E-state index contributed by atoms with van der Waals surface area (Å²) in [6, 6.07) is 4.35. The number of nitrogens with zero attached hydrogens (tertiary/aromatic N) is 1. The maximum atomic E-state index is 9.75. The molecule has 0 spiro atoms. The van der Waals surface area contributed by atoms with Crippen molar-refractivity contribution < 1.29 is 5.11 Å². The summed E-state index contributed by atoms with van der Waals surface area (Å²) in [6.45, 7) is 0.597. The summed E-state index contributed by atoms with van der Waals surface area (Å²) < 4.78 is 0.934. The average Bonchev–Trinajstić information content (AvgIpc) is 2.99. The minimum Gasteiger partial charge on any atom is -0.385 e. The van der Waals surface area contributed by atoms with Gasteiger partial charge in [0.25, 0.3) is 0 Å². The molecule has 1 aliphatic carbocycles. The highest BCUT2D eigenvalue weighted by Gasteiger charge is 2.21. The Balaban J connectivity index is 1.88. The first-order valence-corrected chi connectivity index (χ1v) is 5.58. The van der Waals surface area contributed by atoms with Crippen LogP contribution >= 0.6 is 15.9 Å². The van der Waals surface area contributed by atoms with Crippen molar-refractivity contribution in [3.05, 3.63) is 28.5 Å². The van der Waals surface area contributed by atoms with E-state index >= 15 is 0 Å². The third kappa shape index (κ3) is 2.77. The van der Waals surface area contributed by atoms with E-state index in [9.17, 15) is 5.11 Å². The second kappa shape index (κ2) is 4.38. The molecule has 1 atom stereocenters. The maximum absolute atomic E-state index is 9.75. The van der Waals surface area contributed by atoms with E-state index in [2.05, 4.69) is 26.2 Å². The van der Waals surface area contributed by atoms with Crippen molar-refractivity contribution in [3.8, 4) is 0 Å². The van der Waals surface area contributed by atoms with E-state index < -0.39 is 6.10 Å². The molecule has 1 aromatic heterocycles. The van der Waals surface area contributed by atoms with Crippen LogP contribution in [0.2, 0.25) is 0 Å². The fourth-order valence-electron chi connectivity index (χ4n) is 1.25. The molecule has 76 valence electrons. The highest BCUT2D eigenvalue weighted by atomic mass is 79.9. The zero-order chi connectivity index (χ0) is 9.97. The van der Waals surface area contributed by atoms with E-state index in [4.69, 9.17) is 0 Å². The smallest absolute Gasteiger partial charge is 0.108 e. The minimum atomic E-state index is -0.497. The normalized spacial score (nSPS) is 18.1. The molecule has 0 aliphatic heterocycles. The predicted octanol–water partition coefficient (Wildman–Crippen LogP) is 1.63. The predicted molar refractivity (Wildman–Crippen MR) is 57.9 cm³/mol. The van der Waals surface area contributed by atoms with Gasteiger partial charge in [0.05, 0.1) is 5.69 Å². The van der Waals surface area contributed by atoms with Crippen LogP contribution in [-0.2, 0) is 0 Å².